The second-order valence-electron chi connectivity index (χ2n) is 3.80. The molecule has 1 unspecified atom stereocenters. The highest BCUT2D eigenvalue weighted by Gasteiger charge is 2.35. The molecule has 0 fully saturated rings. The predicted octanol–water partition coefficient (Wildman–Crippen LogP) is 2.76. The topological polar surface area (TPSA) is 75.4 Å². The van der Waals surface area contributed by atoms with Crippen LogP contribution in [0.1, 0.15) is 5.56 Å². The van der Waals surface area contributed by atoms with Gasteiger partial charge in [0.25, 0.3) is 0 Å². The molecule has 1 aromatic carbocycles. The zero-order chi connectivity index (χ0) is 15.5. The van der Waals surface area contributed by atoms with Crippen LogP contribution < -0.4 is 5.32 Å². The van der Waals surface area contributed by atoms with Crippen LogP contribution in [-0.4, -0.2) is 28.6 Å². The van der Waals surface area contributed by atoms with Gasteiger partial charge in [0.05, 0.1) is 28.2 Å². The van der Waals surface area contributed by atoms with Crippen molar-refractivity contribution in [1.29, 1.82) is 0 Å². The third-order valence-corrected chi connectivity index (χ3v) is 2.64. The minimum atomic E-state index is -4.86. The lowest BCUT2D eigenvalue weighted by Gasteiger charge is -2.13. The van der Waals surface area contributed by atoms with Crippen LogP contribution in [0.3, 0.4) is 0 Å². The van der Waals surface area contributed by atoms with Gasteiger partial charge in [-0.3, -0.25) is 10.1 Å². The van der Waals surface area contributed by atoms with Crippen LogP contribution in [-0.2, 0) is 6.18 Å². The Balaban J connectivity index is 3.21. The Morgan fingerprint density at radius 1 is 1.45 bits per heavy atom. The van der Waals surface area contributed by atoms with Crippen molar-refractivity contribution in [2.24, 2.45) is 0 Å². The molecule has 0 radical (unpaired) electrons. The SMILES string of the molecule is O=[N+]([O-])c1cc(C(F)(F)F)cc(NCC(O)CCl)c1F. The molecule has 5 nitrogen and oxygen atoms in total. The van der Waals surface area contributed by atoms with E-state index in [2.05, 4.69) is 5.32 Å². The summed E-state index contributed by atoms with van der Waals surface area (Å²) in [7, 11) is 0. The van der Waals surface area contributed by atoms with Gasteiger partial charge in [0.15, 0.2) is 0 Å². The van der Waals surface area contributed by atoms with E-state index >= 15 is 0 Å². The lowest BCUT2D eigenvalue weighted by atomic mass is 10.1. The summed E-state index contributed by atoms with van der Waals surface area (Å²) in [5, 5.41) is 21.8. The van der Waals surface area contributed by atoms with Gasteiger partial charge in [0, 0.05) is 12.6 Å². The third-order valence-electron chi connectivity index (χ3n) is 2.28. The van der Waals surface area contributed by atoms with Crippen LogP contribution in [0, 0.1) is 15.9 Å². The van der Waals surface area contributed by atoms with Gasteiger partial charge in [-0.1, -0.05) is 0 Å². The number of nitrogens with one attached hydrogen (secondary N) is 1. The van der Waals surface area contributed by atoms with Crippen molar-refractivity contribution in [3.05, 3.63) is 33.6 Å². The lowest BCUT2D eigenvalue weighted by Crippen LogP contribution is -2.21. The Morgan fingerprint density at radius 2 is 2.05 bits per heavy atom. The van der Waals surface area contributed by atoms with E-state index in [1.54, 1.807) is 0 Å². The number of hydrogen-bond acceptors (Lipinski definition) is 4. The molecule has 0 bridgehead atoms. The molecule has 0 saturated heterocycles. The molecule has 2 N–H and O–H groups in total. The number of anilines is 1. The van der Waals surface area contributed by atoms with E-state index in [9.17, 15) is 27.7 Å². The van der Waals surface area contributed by atoms with Crippen LogP contribution >= 0.6 is 11.6 Å². The minimum Gasteiger partial charge on any atom is -0.390 e. The molecule has 112 valence electrons. The Labute approximate surface area is 115 Å². The van der Waals surface area contributed by atoms with Crippen LogP contribution in [0.4, 0.5) is 28.9 Å². The maximum Gasteiger partial charge on any atom is 0.416 e. The Hall–Kier alpha value is -1.61. The number of hydrogen-bond donors (Lipinski definition) is 2. The standard InChI is InChI=1S/C10H9ClF4N2O3/c11-3-6(18)4-16-7-1-5(10(13,14)15)2-8(9(7)12)17(19)20/h1-2,6,16,18H,3-4H2. The molecule has 0 saturated carbocycles. The normalized spacial score (nSPS) is 13.1. The Bertz CT molecular complexity index is 510. The van der Waals surface area contributed by atoms with E-state index in [4.69, 9.17) is 16.7 Å². The highest BCUT2D eigenvalue weighted by Crippen LogP contribution is 2.36. The summed E-state index contributed by atoms with van der Waals surface area (Å²) in [5.74, 6) is -1.67. The summed E-state index contributed by atoms with van der Waals surface area (Å²) in [6, 6.07) is 0.502. The van der Waals surface area contributed by atoms with E-state index in [1.807, 2.05) is 0 Å². The molecule has 0 amide bonds. The summed E-state index contributed by atoms with van der Waals surface area (Å²) >= 11 is 5.27. The number of rotatable bonds is 5. The average molecular weight is 317 g/mol. The van der Waals surface area contributed by atoms with Gasteiger partial charge >= 0.3 is 11.9 Å². The first kappa shape index (κ1) is 16.4. The summed E-state index contributed by atoms with van der Waals surface area (Å²) < 4.78 is 51.4. The number of aliphatic hydroxyl groups excluding tert-OH is 1. The molecular weight excluding hydrogens is 308 g/mol. The number of nitrogens with zero attached hydrogens (tertiary/aromatic N) is 1. The molecule has 0 aliphatic rings. The molecule has 20 heavy (non-hydrogen) atoms. The van der Waals surface area contributed by atoms with E-state index in [0.717, 1.165) is 0 Å². The van der Waals surface area contributed by atoms with Gasteiger partial charge in [-0.25, -0.2) is 0 Å². The van der Waals surface area contributed by atoms with Gasteiger partial charge in [-0.15, -0.1) is 11.6 Å². The average Bonchev–Trinajstić information content (AvgIpc) is 2.35. The summed E-state index contributed by atoms with van der Waals surface area (Å²) in [4.78, 5) is 9.29. The van der Waals surface area contributed by atoms with Crippen LogP contribution in [0.5, 0.6) is 0 Å². The molecule has 1 atom stereocenters. The second kappa shape index (κ2) is 6.23. The highest BCUT2D eigenvalue weighted by molar-refractivity contribution is 6.18. The fourth-order valence-electron chi connectivity index (χ4n) is 1.32. The smallest absolute Gasteiger partial charge is 0.390 e. The fourth-order valence-corrected chi connectivity index (χ4v) is 1.43. The minimum absolute atomic E-state index is 0.110. The molecule has 0 aliphatic heterocycles. The molecule has 0 aromatic heterocycles. The van der Waals surface area contributed by atoms with Gasteiger partial charge in [-0.05, 0) is 6.07 Å². The number of aliphatic hydroxyl groups is 1. The number of alkyl halides is 4. The van der Waals surface area contributed by atoms with Gasteiger partial charge in [0.1, 0.15) is 0 Å². The van der Waals surface area contributed by atoms with Crippen LogP contribution in [0.25, 0.3) is 0 Å². The highest BCUT2D eigenvalue weighted by atomic mass is 35.5. The first-order valence-electron chi connectivity index (χ1n) is 5.19. The maximum absolute atomic E-state index is 13.7. The van der Waals surface area contributed by atoms with E-state index in [0.29, 0.717) is 6.07 Å². The van der Waals surface area contributed by atoms with Gasteiger partial charge in [-0.2, -0.15) is 17.6 Å². The summed E-state index contributed by atoms with van der Waals surface area (Å²) in [6.07, 6.45) is -6.00. The monoisotopic (exact) mass is 316 g/mol. The number of nitro groups is 1. The van der Waals surface area contributed by atoms with E-state index in [1.165, 1.54) is 0 Å². The lowest BCUT2D eigenvalue weighted by molar-refractivity contribution is -0.387. The molecule has 0 spiro atoms. The van der Waals surface area contributed by atoms with Crippen molar-refractivity contribution in [2.75, 3.05) is 17.7 Å². The predicted molar refractivity (Wildman–Crippen MR) is 63.3 cm³/mol. The van der Waals surface area contributed by atoms with Crippen molar-refractivity contribution in [2.45, 2.75) is 12.3 Å². The Kier molecular flexibility index (Phi) is 5.12. The zero-order valence-electron chi connectivity index (χ0n) is 9.75. The zero-order valence-corrected chi connectivity index (χ0v) is 10.5. The van der Waals surface area contributed by atoms with Crippen molar-refractivity contribution >= 4 is 23.0 Å². The van der Waals surface area contributed by atoms with Crippen LogP contribution in [0.2, 0.25) is 0 Å². The summed E-state index contributed by atoms with van der Waals surface area (Å²) in [6.45, 7) is -0.348. The number of nitro benzene ring substituents is 1. The van der Waals surface area contributed by atoms with Crippen molar-refractivity contribution in [3.63, 3.8) is 0 Å². The third kappa shape index (κ3) is 3.94. The largest absolute Gasteiger partial charge is 0.416 e. The molecule has 1 aromatic rings. The number of benzene rings is 1. The summed E-state index contributed by atoms with van der Waals surface area (Å²) in [5.41, 5.74) is -3.40. The van der Waals surface area contributed by atoms with E-state index < -0.39 is 40.0 Å². The first-order valence-corrected chi connectivity index (χ1v) is 5.73. The fraction of sp³-hybridized carbons (Fsp3) is 0.400. The van der Waals surface area contributed by atoms with Crippen molar-refractivity contribution < 1.29 is 27.6 Å². The molecule has 0 aliphatic carbocycles. The molecular formula is C10H9ClF4N2O3. The van der Waals surface area contributed by atoms with Crippen LogP contribution in [0.15, 0.2) is 12.1 Å². The molecule has 10 heteroatoms. The Morgan fingerprint density at radius 3 is 2.50 bits per heavy atom. The van der Waals surface area contributed by atoms with Gasteiger partial charge < -0.3 is 10.4 Å². The van der Waals surface area contributed by atoms with E-state index in [-0.39, 0.29) is 18.5 Å². The maximum atomic E-state index is 13.7. The van der Waals surface area contributed by atoms with Crippen molar-refractivity contribution in [3.8, 4) is 0 Å². The molecule has 1 rings (SSSR count). The first-order chi connectivity index (χ1) is 9.16. The quantitative estimate of drug-likeness (QED) is 0.379. The second-order valence-corrected chi connectivity index (χ2v) is 4.11. The van der Waals surface area contributed by atoms with Gasteiger partial charge in [0.2, 0.25) is 5.82 Å². The van der Waals surface area contributed by atoms with Crippen molar-refractivity contribution in [1.82, 2.24) is 0 Å². The number of halogens is 5. The molecule has 0 heterocycles.